The molecular weight excluding hydrogens is 224 g/mol. The van der Waals surface area contributed by atoms with Crippen molar-refractivity contribution in [3.8, 4) is 0 Å². The highest BCUT2D eigenvalue weighted by atomic mass is 35.5. The van der Waals surface area contributed by atoms with Gasteiger partial charge in [-0.3, -0.25) is 4.68 Å². The summed E-state index contributed by atoms with van der Waals surface area (Å²) in [4.78, 5) is 0. The highest BCUT2D eigenvalue weighted by Crippen LogP contribution is 2.35. The average molecular weight is 243 g/mol. The maximum atomic E-state index is 9.84. The Balaban J connectivity index is 2.23. The first-order valence-corrected chi connectivity index (χ1v) is 6.49. The molecule has 0 spiro atoms. The van der Waals surface area contributed by atoms with Gasteiger partial charge in [0.05, 0.1) is 23.0 Å². The molecule has 1 aliphatic carbocycles. The van der Waals surface area contributed by atoms with E-state index < -0.39 is 0 Å². The van der Waals surface area contributed by atoms with E-state index in [1.165, 1.54) is 6.42 Å². The molecule has 0 bridgehead atoms. The van der Waals surface area contributed by atoms with Crippen LogP contribution in [0.1, 0.15) is 50.6 Å². The molecule has 90 valence electrons. The second-order valence-electron chi connectivity index (χ2n) is 4.56. The van der Waals surface area contributed by atoms with Gasteiger partial charge in [-0.1, -0.05) is 24.4 Å². The molecule has 1 fully saturated rings. The van der Waals surface area contributed by atoms with Crippen molar-refractivity contribution in [2.45, 2.75) is 57.6 Å². The van der Waals surface area contributed by atoms with E-state index in [1.807, 2.05) is 4.68 Å². The number of aryl methyl sites for hydroxylation is 1. The maximum absolute atomic E-state index is 9.84. The third kappa shape index (κ3) is 2.41. The molecule has 1 aromatic heterocycles. The van der Waals surface area contributed by atoms with E-state index in [1.54, 1.807) is 6.20 Å². The summed E-state index contributed by atoms with van der Waals surface area (Å²) in [5, 5.41) is 14.9. The molecule has 0 aromatic carbocycles. The standard InChI is InChI=1S/C12H19ClN2O/c1-2-15-12(11(13)8-14-15)9-5-3-4-6-10(16)7-9/h8-10,16H,2-7H2,1H3. The lowest BCUT2D eigenvalue weighted by Crippen LogP contribution is -2.13. The summed E-state index contributed by atoms with van der Waals surface area (Å²) in [7, 11) is 0. The Bertz CT molecular complexity index is 351. The summed E-state index contributed by atoms with van der Waals surface area (Å²) in [5.41, 5.74) is 1.12. The lowest BCUT2D eigenvalue weighted by molar-refractivity contribution is 0.151. The monoisotopic (exact) mass is 242 g/mol. The Kier molecular flexibility index (Phi) is 3.87. The molecule has 1 aliphatic rings. The minimum Gasteiger partial charge on any atom is -0.393 e. The van der Waals surface area contributed by atoms with E-state index >= 15 is 0 Å². The van der Waals surface area contributed by atoms with E-state index in [-0.39, 0.29) is 6.10 Å². The summed E-state index contributed by atoms with van der Waals surface area (Å²) in [6.45, 7) is 2.91. The SMILES string of the molecule is CCn1ncc(Cl)c1C1CCCCC(O)C1. The van der Waals surface area contributed by atoms with Gasteiger partial charge in [0, 0.05) is 12.5 Å². The van der Waals surface area contributed by atoms with Crippen molar-refractivity contribution in [2.24, 2.45) is 0 Å². The Morgan fingerprint density at radius 1 is 1.50 bits per heavy atom. The Labute approximate surface area is 101 Å². The smallest absolute Gasteiger partial charge is 0.0820 e. The van der Waals surface area contributed by atoms with Crippen LogP contribution in [0.3, 0.4) is 0 Å². The summed E-state index contributed by atoms with van der Waals surface area (Å²) < 4.78 is 1.96. The minimum absolute atomic E-state index is 0.177. The van der Waals surface area contributed by atoms with Crippen molar-refractivity contribution in [3.05, 3.63) is 16.9 Å². The fourth-order valence-corrected chi connectivity index (χ4v) is 2.91. The summed E-state index contributed by atoms with van der Waals surface area (Å²) >= 11 is 6.19. The lowest BCUT2D eigenvalue weighted by Gasteiger charge is -2.18. The molecule has 0 amide bonds. The van der Waals surface area contributed by atoms with Gasteiger partial charge in [-0.25, -0.2) is 0 Å². The average Bonchev–Trinajstić information content (AvgIpc) is 2.50. The van der Waals surface area contributed by atoms with Gasteiger partial charge in [-0.15, -0.1) is 0 Å². The number of hydrogen-bond acceptors (Lipinski definition) is 2. The van der Waals surface area contributed by atoms with Gasteiger partial charge in [0.2, 0.25) is 0 Å². The second kappa shape index (κ2) is 5.19. The van der Waals surface area contributed by atoms with Gasteiger partial charge < -0.3 is 5.11 Å². The molecule has 3 nitrogen and oxygen atoms in total. The Hall–Kier alpha value is -0.540. The number of aliphatic hydroxyl groups is 1. The van der Waals surface area contributed by atoms with Gasteiger partial charge in [-0.05, 0) is 26.2 Å². The van der Waals surface area contributed by atoms with Crippen LogP contribution in [0.2, 0.25) is 5.02 Å². The molecule has 4 heteroatoms. The molecule has 0 aliphatic heterocycles. The van der Waals surface area contributed by atoms with Crippen molar-refractivity contribution in [1.29, 1.82) is 0 Å². The summed E-state index contributed by atoms with van der Waals surface area (Å²) in [6.07, 6.45) is 6.70. The first-order valence-electron chi connectivity index (χ1n) is 6.11. The Morgan fingerprint density at radius 3 is 3.00 bits per heavy atom. The Morgan fingerprint density at radius 2 is 2.25 bits per heavy atom. The van der Waals surface area contributed by atoms with E-state index in [9.17, 15) is 5.11 Å². The third-order valence-electron chi connectivity index (χ3n) is 3.42. The van der Waals surface area contributed by atoms with Crippen molar-refractivity contribution < 1.29 is 5.11 Å². The quantitative estimate of drug-likeness (QED) is 0.810. The molecule has 16 heavy (non-hydrogen) atoms. The largest absolute Gasteiger partial charge is 0.393 e. The van der Waals surface area contributed by atoms with Crippen LogP contribution in [0.25, 0.3) is 0 Å². The zero-order valence-electron chi connectivity index (χ0n) is 9.69. The van der Waals surface area contributed by atoms with Gasteiger partial charge in [-0.2, -0.15) is 5.10 Å². The predicted molar refractivity (Wildman–Crippen MR) is 64.7 cm³/mol. The van der Waals surface area contributed by atoms with Crippen molar-refractivity contribution in [1.82, 2.24) is 9.78 Å². The van der Waals surface area contributed by atoms with Crippen LogP contribution in [0, 0.1) is 0 Å². The molecule has 0 radical (unpaired) electrons. The van der Waals surface area contributed by atoms with Crippen LogP contribution in [-0.2, 0) is 6.54 Å². The van der Waals surface area contributed by atoms with Gasteiger partial charge in [0.15, 0.2) is 0 Å². The third-order valence-corrected chi connectivity index (χ3v) is 3.71. The predicted octanol–water partition coefficient (Wildman–Crippen LogP) is 2.97. The number of rotatable bonds is 2. The second-order valence-corrected chi connectivity index (χ2v) is 4.97. The van der Waals surface area contributed by atoms with E-state index in [2.05, 4.69) is 12.0 Å². The van der Waals surface area contributed by atoms with E-state index in [0.29, 0.717) is 5.92 Å². The minimum atomic E-state index is -0.177. The summed E-state index contributed by atoms with van der Waals surface area (Å²) in [5.74, 6) is 0.368. The van der Waals surface area contributed by atoms with Crippen LogP contribution < -0.4 is 0 Å². The van der Waals surface area contributed by atoms with Crippen molar-refractivity contribution in [2.75, 3.05) is 0 Å². The highest BCUT2D eigenvalue weighted by molar-refractivity contribution is 6.31. The molecule has 1 aromatic rings. The van der Waals surface area contributed by atoms with Crippen molar-refractivity contribution in [3.63, 3.8) is 0 Å². The molecule has 1 heterocycles. The molecule has 2 atom stereocenters. The van der Waals surface area contributed by atoms with Crippen molar-refractivity contribution >= 4 is 11.6 Å². The van der Waals surface area contributed by atoms with Crippen LogP contribution in [-0.4, -0.2) is 21.0 Å². The molecule has 2 unspecified atom stereocenters. The molecule has 0 saturated heterocycles. The number of halogens is 1. The van der Waals surface area contributed by atoms with Gasteiger partial charge >= 0.3 is 0 Å². The number of aliphatic hydroxyl groups excluding tert-OH is 1. The number of aromatic nitrogens is 2. The normalized spacial score (nSPS) is 26.7. The van der Waals surface area contributed by atoms with Crippen LogP contribution >= 0.6 is 11.6 Å². The maximum Gasteiger partial charge on any atom is 0.0820 e. The zero-order chi connectivity index (χ0) is 11.5. The fraction of sp³-hybridized carbons (Fsp3) is 0.750. The highest BCUT2D eigenvalue weighted by Gasteiger charge is 2.24. The molecular formula is C12H19ClN2O. The molecule has 1 N–H and O–H groups in total. The van der Waals surface area contributed by atoms with E-state index in [4.69, 9.17) is 11.6 Å². The topological polar surface area (TPSA) is 38.0 Å². The lowest BCUT2D eigenvalue weighted by atomic mass is 9.95. The van der Waals surface area contributed by atoms with Crippen LogP contribution in [0.4, 0.5) is 0 Å². The summed E-state index contributed by atoms with van der Waals surface area (Å²) in [6, 6.07) is 0. The molecule has 1 saturated carbocycles. The number of nitrogens with zero attached hydrogens (tertiary/aromatic N) is 2. The van der Waals surface area contributed by atoms with Crippen LogP contribution in [0.5, 0.6) is 0 Å². The zero-order valence-corrected chi connectivity index (χ0v) is 10.5. The van der Waals surface area contributed by atoms with E-state index in [0.717, 1.165) is 42.9 Å². The first kappa shape index (κ1) is 11.9. The van der Waals surface area contributed by atoms with Gasteiger partial charge in [0.25, 0.3) is 0 Å². The number of hydrogen-bond donors (Lipinski definition) is 1. The fourth-order valence-electron chi connectivity index (χ4n) is 2.61. The van der Waals surface area contributed by atoms with Gasteiger partial charge in [0.1, 0.15) is 0 Å². The molecule has 2 rings (SSSR count). The van der Waals surface area contributed by atoms with Crippen LogP contribution in [0.15, 0.2) is 6.20 Å². The first-order chi connectivity index (χ1) is 7.72.